The molecule has 0 radical (unpaired) electrons. The molecule has 1 fully saturated rings. The zero-order valence-electron chi connectivity index (χ0n) is 14.9. The number of tetrazole rings is 1. The summed E-state index contributed by atoms with van der Waals surface area (Å²) in [6.45, 7) is 2.32. The molecule has 2 aromatic carbocycles. The number of H-pyrrole nitrogens is 1. The van der Waals surface area contributed by atoms with Crippen LogP contribution in [0.2, 0.25) is 5.02 Å². The zero-order valence-corrected chi connectivity index (χ0v) is 15.7. The molecule has 1 aliphatic carbocycles. The summed E-state index contributed by atoms with van der Waals surface area (Å²) in [5.74, 6) is 2.64. The fraction of sp³-hybridized carbons (Fsp3) is 0.381. The highest BCUT2D eigenvalue weighted by Gasteiger charge is 2.27. The Kier molecular flexibility index (Phi) is 5.02. The van der Waals surface area contributed by atoms with Gasteiger partial charge in [0.05, 0.1) is 0 Å². The third-order valence-corrected chi connectivity index (χ3v) is 5.87. The number of nitrogens with zero attached hydrogens (tertiary/aromatic N) is 3. The van der Waals surface area contributed by atoms with Gasteiger partial charge < -0.3 is 0 Å². The lowest BCUT2D eigenvalue weighted by Crippen LogP contribution is -2.03. The number of benzene rings is 2. The van der Waals surface area contributed by atoms with Crippen molar-refractivity contribution in [1.82, 2.24) is 20.6 Å². The van der Waals surface area contributed by atoms with E-state index in [1.807, 2.05) is 6.07 Å². The number of aromatic nitrogens is 4. The molecule has 1 aromatic heterocycles. The van der Waals surface area contributed by atoms with Gasteiger partial charge in [-0.3, -0.25) is 0 Å². The van der Waals surface area contributed by atoms with Crippen LogP contribution < -0.4 is 0 Å². The maximum Gasteiger partial charge on any atom is 0.204 e. The minimum Gasteiger partial charge on any atom is -0.177 e. The van der Waals surface area contributed by atoms with E-state index in [1.54, 1.807) is 0 Å². The second kappa shape index (κ2) is 7.58. The number of halogens is 1. The Morgan fingerprint density at radius 1 is 1.15 bits per heavy atom. The Labute approximate surface area is 159 Å². The molecule has 5 heteroatoms. The van der Waals surface area contributed by atoms with Crippen molar-refractivity contribution in [3.63, 3.8) is 0 Å². The van der Waals surface area contributed by atoms with Gasteiger partial charge >= 0.3 is 0 Å². The van der Waals surface area contributed by atoms with Crippen molar-refractivity contribution in [2.75, 3.05) is 0 Å². The molecule has 1 saturated carbocycles. The quantitative estimate of drug-likeness (QED) is 0.639. The minimum atomic E-state index is 0.554. The van der Waals surface area contributed by atoms with Gasteiger partial charge in [0.1, 0.15) is 0 Å². The summed E-state index contributed by atoms with van der Waals surface area (Å²) in [5.41, 5.74) is 3.78. The predicted octanol–water partition coefficient (Wildman–Crippen LogP) is 5.60. The number of hydrogen-bond donors (Lipinski definition) is 1. The third kappa shape index (κ3) is 3.80. The molecule has 1 heterocycles. The van der Waals surface area contributed by atoms with E-state index >= 15 is 0 Å². The lowest BCUT2D eigenvalue weighted by atomic mass is 9.88. The molecule has 134 valence electrons. The third-order valence-electron chi connectivity index (χ3n) is 5.63. The van der Waals surface area contributed by atoms with Crippen LogP contribution in [0.4, 0.5) is 0 Å². The van der Waals surface area contributed by atoms with Crippen molar-refractivity contribution in [3.8, 4) is 11.4 Å². The van der Waals surface area contributed by atoms with E-state index in [2.05, 4.69) is 70.0 Å². The van der Waals surface area contributed by atoms with E-state index in [1.165, 1.54) is 36.8 Å². The lowest BCUT2D eigenvalue weighted by Gasteiger charge is -2.18. The van der Waals surface area contributed by atoms with Crippen molar-refractivity contribution in [3.05, 3.63) is 64.7 Å². The number of rotatable bonds is 5. The molecular formula is C21H23ClN4. The summed E-state index contributed by atoms with van der Waals surface area (Å²) in [7, 11) is 0. The van der Waals surface area contributed by atoms with Crippen LogP contribution in [-0.4, -0.2) is 20.6 Å². The van der Waals surface area contributed by atoms with Gasteiger partial charge in [-0.2, -0.15) is 5.21 Å². The van der Waals surface area contributed by atoms with Crippen molar-refractivity contribution < 1.29 is 0 Å². The smallest absolute Gasteiger partial charge is 0.177 e. The van der Waals surface area contributed by atoms with Gasteiger partial charge in [0.2, 0.25) is 5.82 Å². The van der Waals surface area contributed by atoms with Crippen LogP contribution in [0, 0.1) is 5.92 Å². The largest absolute Gasteiger partial charge is 0.204 e. The summed E-state index contributed by atoms with van der Waals surface area (Å²) in [6.07, 6.45) is 5.08. The van der Waals surface area contributed by atoms with Crippen molar-refractivity contribution in [1.29, 1.82) is 0 Å². The van der Waals surface area contributed by atoms with Gasteiger partial charge in [0.25, 0.3) is 0 Å². The maximum absolute atomic E-state index is 6.14. The van der Waals surface area contributed by atoms with Crippen molar-refractivity contribution in [2.24, 2.45) is 5.92 Å². The van der Waals surface area contributed by atoms with E-state index in [0.29, 0.717) is 17.7 Å². The topological polar surface area (TPSA) is 54.5 Å². The molecule has 0 spiro atoms. The fourth-order valence-corrected chi connectivity index (χ4v) is 4.43. The molecule has 4 rings (SSSR count). The first-order chi connectivity index (χ1) is 12.7. The van der Waals surface area contributed by atoms with Crippen LogP contribution >= 0.6 is 11.6 Å². The first kappa shape index (κ1) is 17.2. The van der Waals surface area contributed by atoms with Crippen LogP contribution in [0.1, 0.15) is 55.6 Å². The molecule has 1 N–H and O–H groups in total. The zero-order chi connectivity index (χ0) is 17.9. The van der Waals surface area contributed by atoms with Gasteiger partial charge in [-0.05, 0) is 71.9 Å². The fourth-order valence-electron chi connectivity index (χ4n) is 4.23. The van der Waals surface area contributed by atoms with Crippen LogP contribution in [0.15, 0.2) is 48.5 Å². The Morgan fingerprint density at radius 2 is 2.00 bits per heavy atom. The summed E-state index contributed by atoms with van der Waals surface area (Å²) in [5, 5.41) is 15.0. The average molecular weight is 367 g/mol. The first-order valence-corrected chi connectivity index (χ1v) is 9.66. The van der Waals surface area contributed by atoms with Gasteiger partial charge in [-0.15, -0.1) is 10.2 Å². The van der Waals surface area contributed by atoms with Gasteiger partial charge in [-0.25, -0.2) is 0 Å². The van der Waals surface area contributed by atoms with Gasteiger partial charge in [-0.1, -0.05) is 54.9 Å². The molecule has 1 unspecified atom stereocenters. The SMILES string of the molecule is C[C@@H](CC1CC[C@H](c2ccc(-c3nn[nH]n3)cc2)C1)c1cccc(Cl)c1. The van der Waals surface area contributed by atoms with E-state index < -0.39 is 0 Å². The molecule has 0 aliphatic heterocycles. The first-order valence-electron chi connectivity index (χ1n) is 9.28. The summed E-state index contributed by atoms with van der Waals surface area (Å²) >= 11 is 6.14. The highest BCUT2D eigenvalue weighted by atomic mass is 35.5. The molecule has 1 aliphatic rings. The highest BCUT2D eigenvalue weighted by molar-refractivity contribution is 6.30. The van der Waals surface area contributed by atoms with Crippen LogP contribution in [0.3, 0.4) is 0 Å². The van der Waals surface area contributed by atoms with E-state index in [4.69, 9.17) is 11.6 Å². The molecule has 3 aromatic rings. The molecule has 4 nitrogen and oxygen atoms in total. The lowest BCUT2D eigenvalue weighted by molar-refractivity contribution is 0.454. The summed E-state index contributed by atoms with van der Waals surface area (Å²) in [6, 6.07) is 16.9. The minimum absolute atomic E-state index is 0.554. The number of aromatic amines is 1. The van der Waals surface area contributed by atoms with E-state index in [-0.39, 0.29) is 0 Å². The average Bonchev–Trinajstić information content (AvgIpc) is 3.34. The molecule has 0 amide bonds. The normalized spacial score (nSPS) is 21.0. The Bertz CT molecular complexity index is 845. The number of nitrogens with one attached hydrogen (secondary N) is 1. The van der Waals surface area contributed by atoms with Crippen LogP contribution in [0.25, 0.3) is 11.4 Å². The number of hydrogen-bond acceptors (Lipinski definition) is 3. The second-order valence-electron chi connectivity index (χ2n) is 7.43. The molecule has 0 saturated heterocycles. The van der Waals surface area contributed by atoms with Crippen LogP contribution in [0.5, 0.6) is 0 Å². The van der Waals surface area contributed by atoms with E-state index in [0.717, 1.165) is 16.5 Å². The monoisotopic (exact) mass is 366 g/mol. The second-order valence-corrected chi connectivity index (χ2v) is 7.86. The summed E-state index contributed by atoms with van der Waals surface area (Å²) < 4.78 is 0. The van der Waals surface area contributed by atoms with E-state index in [9.17, 15) is 0 Å². The Balaban J connectivity index is 1.37. The molecule has 26 heavy (non-hydrogen) atoms. The molecular weight excluding hydrogens is 344 g/mol. The molecule has 0 bridgehead atoms. The molecule has 3 atom stereocenters. The Hall–Kier alpha value is -2.20. The standard InChI is InChI=1S/C21H23ClN4/c1-14(18-3-2-4-20(22)13-18)11-15-5-6-19(12-15)16-7-9-17(10-8-16)21-23-25-26-24-21/h2-4,7-10,13-15,19H,5-6,11-12H2,1H3,(H,23,24,25,26)/t14-,15?,19-/m0/s1. The summed E-state index contributed by atoms with van der Waals surface area (Å²) in [4.78, 5) is 0. The van der Waals surface area contributed by atoms with Crippen molar-refractivity contribution >= 4 is 11.6 Å². The highest BCUT2D eigenvalue weighted by Crippen LogP contribution is 2.42. The predicted molar refractivity (Wildman–Crippen MR) is 104 cm³/mol. The van der Waals surface area contributed by atoms with Gasteiger partial charge in [0, 0.05) is 10.6 Å². The van der Waals surface area contributed by atoms with Crippen LogP contribution in [-0.2, 0) is 0 Å². The Morgan fingerprint density at radius 3 is 2.73 bits per heavy atom. The van der Waals surface area contributed by atoms with Crippen molar-refractivity contribution in [2.45, 2.75) is 44.4 Å². The van der Waals surface area contributed by atoms with Gasteiger partial charge in [0.15, 0.2) is 0 Å². The maximum atomic E-state index is 6.14.